The summed E-state index contributed by atoms with van der Waals surface area (Å²) in [5.74, 6) is -0.510. The lowest BCUT2D eigenvalue weighted by molar-refractivity contribution is -0.119. The van der Waals surface area contributed by atoms with Crippen molar-refractivity contribution in [3.8, 4) is 0 Å². The van der Waals surface area contributed by atoms with Gasteiger partial charge in [-0.2, -0.15) is 5.10 Å². The summed E-state index contributed by atoms with van der Waals surface area (Å²) in [7, 11) is 1.83. The number of rotatable bonds is 4. The van der Waals surface area contributed by atoms with Crippen molar-refractivity contribution < 1.29 is 9.59 Å². The van der Waals surface area contributed by atoms with Crippen molar-refractivity contribution in [1.82, 2.24) is 20.4 Å². The Morgan fingerprint density at radius 3 is 2.82 bits per heavy atom. The molecule has 1 heterocycles. The lowest BCUT2D eigenvalue weighted by Crippen LogP contribution is -2.42. The van der Waals surface area contributed by atoms with Crippen LogP contribution in [0, 0.1) is 0 Å². The van der Waals surface area contributed by atoms with Crippen LogP contribution in [0.2, 0.25) is 0 Å². The number of aromatic nitrogens is 2. The molecule has 17 heavy (non-hydrogen) atoms. The van der Waals surface area contributed by atoms with E-state index < -0.39 is 17.3 Å². The molecule has 0 saturated heterocycles. The van der Waals surface area contributed by atoms with Crippen LogP contribution in [0.25, 0.3) is 0 Å². The van der Waals surface area contributed by atoms with Crippen molar-refractivity contribution in [2.24, 2.45) is 7.05 Å². The first-order chi connectivity index (χ1) is 8.00. The van der Waals surface area contributed by atoms with E-state index in [2.05, 4.69) is 15.7 Å². The third-order valence-electron chi connectivity index (χ3n) is 2.19. The van der Waals surface area contributed by atoms with E-state index in [1.54, 1.807) is 10.9 Å². The first-order valence-corrected chi connectivity index (χ1v) is 5.64. The summed E-state index contributed by atoms with van der Waals surface area (Å²) in [5.41, 5.74) is 1.00. The van der Waals surface area contributed by atoms with Gasteiger partial charge in [0.2, 0.25) is 5.91 Å². The van der Waals surface area contributed by atoms with Crippen molar-refractivity contribution in [3.63, 3.8) is 0 Å². The minimum Gasteiger partial charge on any atom is -0.337 e. The third-order valence-corrected chi connectivity index (χ3v) is 2.39. The highest BCUT2D eigenvalue weighted by Crippen LogP contribution is 1.96. The maximum atomic E-state index is 11.2. The first-order valence-electron chi connectivity index (χ1n) is 5.20. The number of hydrogen-bond donors (Lipinski definition) is 2. The lowest BCUT2D eigenvalue weighted by atomic mass is 10.3. The minimum absolute atomic E-state index is 0.426. The Bertz CT molecular complexity index is 403. The van der Waals surface area contributed by atoms with Crippen LogP contribution in [0.4, 0.5) is 4.79 Å². The molecule has 1 aromatic heterocycles. The van der Waals surface area contributed by atoms with Crippen LogP contribution in [-0.4, -0.2) is 33.6 Å². The van der Waals surface area contributed by atoms with E-state index in [0.717, 1.165) is 5.69 Å². The molecule has 0 aromatic carbocycles. The molecule has 1 aromatic rings. The van der Waals surface area contributed by atoms with E-state index in [1.165, 1.54) is 6.92 Å². The molecule has 0 aliphatic carbocycles. The van der Waals surface area contributed by atoms with Crippen molar-refractivity contribution in [2.45, 2.75) is 18.7 Å². The number of urea groups is 1. The molecule has 0 radical (unpaired) electrons. The van der Waals surface area contributed by atoms with Gasteiger partial charge in [-0.3, -0.25) is 14.8 Å². The number of nitrogens with zero attached hydrogens (tertiary/aromatic N) is 2. The number of carbonyl (C=O) groups is 2. The van der Waals surface area contributed by atoms with Crippen LogP contribution in [0.1, 0.15) is 12.6 Å². The summed E-state index contributed by atoms with van der Waals surface area (Å²) < 4.78 is 1.73. The molecule has 1 atom stereocenters. The van der Waals surface area contributed by atoms with Gasteiger partial charge in [0.1, 0.15) is 5.38 Å². The highest BCUT2D eigenvalue weighted by atomic mass is 35.5. The third kappa shape index (κ3) is 4.44. The van der Waals surface area contributed by atoms with Crippen LogP contribution in [-0.2, 0) is 18.3 Å². The zero-order chi connectivity index (χ0) is 12.8. The molecule has 1 unspecified atom stereocenters. The number of halogens is 1. The number of alkyl halides is 1. The standard InChI is InChI=1S/C10H15ClN4O2/c1-7(11)9(16)14-10(17)12-5-3-8-4-6-13-15(8)2/h4,6-7H,3,5H2,1-2H3,(H2,12,14,16,17). The molecule has 2 N–H and O–H groups in total. The second kappa shape index (κ2) is 6.24. The van der Waals surface area contributed by atoms with Gasteiger partial charge in [0.05, 0.1) is 0 Å². The lowest BCUT2D eigenvalue weighted by Gasteiger charge is -2.07. The second-order valence-electron chi connectivity index (χ2n) is 3.56. The molecule has 7 heteroatoms. The quantitative estimate of drug-likeness (QED) is 0.769. The first kappa shape index (κ1) is 13.5. The molecule has 0 aliphatic heterocycles. The maximum absolute atomic E-state index is 11.2. The maximum Gasteiger partial charge on any atom is 0.321 e. The molecule has 94 valence electrons. The predicted molar refractivity (Wildman–Crippen MR) is 63.8 cm³/mol. The number of aryl methyl sites for hydroxylation is 1. The largest absolute Gasteiger partial charge is 0.337 e. The van der Waals surface area contributed by atoms with Gasteiger partial charge >= 0.3 is 6.03 Å². The Morgan fingerprint density at radius 1 is 1.59 bits per heavy atom. The molecule has 0 aliphatic rings. The van der Waals surface area contributed by atoms with Crippen LogP contribution < -0.4 is 10.6 Å². The topological polar surface area (TPSA) is 76.0 Å². The fourth-order valence-electron chi connectivity index (χ4n) is 1.21. The Labute approximate surface area is 104 Å². The van der Waals surface area contributed by atoms with Gasteiger partial charge in [0.25, 0.3) is 0 Å². The van der Waals surface area contributed by atoms with E-state index >= 15 is 0 Å². The molecule has 0 saturated carbocycles. The van der Waals surface area contributed by atoms with E-state index in [-0.39, 0.29) is 0 Å². The molecular formula is C10H15ClN4O2. The minimum atomic E-state index is -0.724. The number of amides is 3. The Morgan fingerprint density at radius 2 is 2.29 bits per heavy atom. The molecular weight excluding hydrogens is 244 g/mol. The molecule has 1 rings (SSSR count). The van der Waals surface area contributed by atoms with Crippen LogP contribution in [0.5, 0.6) is 0 Å². The summed E-state index contributed by atoms with van der Waals surface area (Å²) in [6.45, 7) is 1.93. The average Bonchev–Trinajstić information content (AvgIpc) is 2.64. The van der Waals surface area contributed by atoms with Gasteiger partial charge in [-0.15, -0.1) is 11.6 Å². The van der Waals surface area contributed by atoms with Gasteiger partial charge in [-0.1, -0.05) is 0 Å². The average molecular weight is 259 g/mol. The van der Waals surface area contributed by atoms with Crippen LogP contribution in [0.3, 0.4) is 0 Å². The molecule has 3 amide bonds. The van der Waals surface area contributed by atoms with Gasteiger partial charge in [-0.05, 0) is 13.0 Å². The normalized spacial score (nSPS) is 11.9. The van der Waals surface area contributed by atoms with Crippen molar-refractivity contribution in [2.75, 3.05) is 6.54 Å². The fourth-order valence-corrected chi connectivity index (χ4v) is 1.26. The summed E-state index contributed by atoms with van der Waals surface area (Å²) in [4.78, 5) is 22.3. The van der Waals surface area contributed by atoms with E-state index in [4.69, 9.17) is 11.6 Å². The Hall–Kier alpha value is -1.56. The van der Waals surface area contributed by atoms with Crippen molar-refractivity contribution in [1.29, 1.82) is 0 Å². The summed E-state index contributed by atoms with van der Waals surface area (Å²) >= 11 is 5.50. The number of hydrogen-bond acceptors (Lipinski definition) is 3. The van der Waals surface area contributed by atoms with E-state index in [1.807, 2.05) is 13.1 Å². The molecule has 0 bridgehead atoms. The number of imide groups is 1. The summed E-state index contributed by atoms with van der Waals surface area (Å²) in [6.07, 6.45) is 2.34. The number of nitrogens with one attached hydrogen (secondary N) is 2. The van der Waals surface area contributed by atoms with Gasteiger partial charge in [-0.25, -0.2) is 4.79 Å². The summed E-state index contributed by atoms with van der Waals surface area (Å²) in [5, 5.41) is 7.97. The molecule has 0 spiro atoms. The Balaban J connectivity index is 2.25. The monoisotopic (exact) mass is 258 g/mol. The van der Waals surface area contributed by atoms with Gasteiger partial charge in [0.15, 0.2) is 0 Å². The smallest absolute Gasteiger partial charge is 0.321 e. The van der Waals surface area contributed by atoms with Gasteiger partial charge < -0.3 is 5.32 Å². The highest BCUT2D eigenvalue weighted by Gasteiger charge is 2.12. The van der Waals surface area contributed by atoms with E-state index in [9.17, 15) is 9.59 Å². The Kier molecular flexibility index (Phi) is 4.96. The second-order valence-corrected chi connectivity index (χ2v) is 4.21. The van der Waals surface area contributed by atoms with E-state index in [0.29, 0.717) is 13.0 Å². The summed E-state index contributed by atoms with van der Waals surface area (Å²) in [6, 6.07) is 1.33. The van der Waals surface area contributed by atoms with Crippen LogP contribution in [0.15, 0.2) is 12.3 Å². The van der Waals surface area contributed by atoms with Crippen molar-refractivity contribution >= 4 is 23.5 Å². The molecule has 0 fully saturated rings. The van der Waals surface area contributed by atoms with Crippen molar-refractivity contribution in [3.05, 3.63) is 18.0 Å². The predicted octanol–water partition coefficient (Wildman–Crippen LogP) is 0.416. The van der Waals surface area contributed by atoms with Crippen LogP contribution >= 0.6 is 11.6 Å². The molecule has 6 nitrogen and oxygen atoms in total. The SMILES string of the molecule is CC(Cl)C(=O)NC(=O)NCCc1ccnn1C. The zero-order valence-electron chi connectivity index (χ0n) is 9.74. The fraction of sp³-hybridized carbons (Fsp3) is 0.500. The zero-order valence-corrected chi connectivity index (χ0v) is 10.5. The highest BCUT2D eigenvalue weighted by molar-refractivity contribution is 6.31. The number of carbonyl (C=O) groups excluding carboxylic acids is 2. The van der Waals surface area contributed by atoms with Gasteiger partial charge in [0, 0.05) is 31.9 Å².